The number of phenols is 1. The summed E-state index contributed by atoms with van der Waals surface area (Å²) in [5, 5.41) is 20.7. The molecule has 2 N–H and O–H groups in total. The van der Waals surface area contributed by atoms with Crippen molar-refractivity contribution in [3.63, 3.8) is 0 Å². The molecule has 1 unspecified atom stereocenters. The summed E-state index contributed by atoms with van der Waals surface area (Å²) in [5.41, 5.74) is 4.64. The third kappa shape index (κ3) is 3.94. The number of rotatable bonds is 4. The third-order valence-corrected chi connectivity index (χ3v) is 6.16. The van der Waals surface area contributed by atoms with Gasteiger partial charge in [0.25, 0.3) is 0 Å². The fraction of sp³-hybridized carbons (Fsp3) is 0.478. The lowest BCUT2D eigenvalue weighted by Gasteiger charge is -2.39. The van der Waals surface area contributed by atoms with E-state index in [0.717, 1.165) is 51.7 Å². The molecule has 26 heavy (non-hydrogen) atoms. The monoisotopic (exact) mass is 351 g/mol. The van der Waals surface area contributed by atoms with Crippen LogP contribution in [0.4, 0.5) is 0 Å². The largest absolute Gasteiger partial charge is 0.508 e. The molecule has 2 aromatic rings. The van der Waals surface area contributed by atoms with Gasteiger partial charge in [0, 0.05) is 26.1 Å². The molecule has 0 saturated carbocycles. The van der Waals surface area contributed by atoms with E-state index in [0.29, 0.717) is 11.7 Å². The molecule has 0 spiro atoms. The molecule has 0 aromatic heterocycles. The second-order valence-corrected chi connectivity index (χ2v) is 8.41. The number of hydrogen-bond acceptors (Lipinski definition) is 3. The lowest BCUT2D eigenvalue weighted by Crippen LogP contribution is -2.47. The van der Waals surface area contributed by atoms with Crippen molar-refractivity contribution in [3.05, 3.63) is 64.7 Å². The van der Waals surface area contributed by atoms with E-state index < -0.39 is 5.60 Å². The van der Waals surface area contributed by atoms with Crippen LogP contribution in [-0.2, 0) is 19.3 Å². The molecule has 1 fully saturated rings. The number of aromatic hydroxyl groups is 1. The number of piperidine rings is 1. The summed E-state index contributed by atoms with van der Waals surface area (Å²) >= 11 is 0. The first-order valence-corrected chi connectivity index (χ1v) is 9.80. The van der Waals surface area contributed by atoms with Gasteiger partial charge in [-0.1, -0.05) is 35.9 Å². The second kappa shape index (κ2) is 7.05. The van der Waals surface area contributed by atoms with Crippen LogP contribution in [0.1, 0.15) is 35.1 Å². The van der Waals surface area contributed by atoms with Gasteiger partial charge in [0.2, 0.25) is 0 Å². The van der Waals surface area contributed by atoms with Crippen molar-refractivity contribution >= 4 is 0 Å². The Morgan fingerprint density at radius 1 is 1.00 bits per heavy atom. The maximum atomic E-state index is 11.0. The highest BCUT2D eigenvalue weighted by molar-refractivity contribution is 5.38. The number of aliphatic hydroxyl groups is 1. The van der Waals surface area contributed by atoms with Crippen LogP contribution in [0.5, 0.6) is 5.75 Å². The highest BCUT2D eigenvalue weighted by Gasteiger charge is 2.33. The van der Waals surface area contributed by atoms with E-state index in [1.165, 1.54) is 22.3 Å². The van der Waals surface area contributed by atoms with Gasteiger partial charge < -0.3 is 15.1 Å². The summed E-state index contributed by atoms with van der Waals surface area (Å²) < 4.78 is 0. The molecule has 138 valence electrons. The number of aryl methyl sites for hydroxylation is 1. The van der Waals surface area contributed by atoms with E-state index in [1.54, 1.807) is 6.07 Å². The number of nitrogens with zero attached hydrogens (tertiary/aromatic N) is 1. The minimum atomic E-state index is -0.559. The van der Waals surface area contributed by atoms with Crippen LogP contribution in [0.15, 0.2) is 42.5 Å². The van der Waals surface area contributed by atoms with Gasteiger partial charge >= 0.3 is 0 Å². The highest BCUT2D eigenvalue weighted by Crippen LogP contribution is 2.32. The Balaban J connectivity index is 1.29. The molecule has 2 aromatic carbocycles. The summed E-state index contributed by atoms with van der Waals surface area (Å²) in [6.45, 7) is 5.14. The van der Waals surface area contributed by atoms with E-state index in [1.807, 2.05) is 6.07 Å². The molecule has 3 nitrogen and oxygen atoms in total. The standard InChI is InChI=1S/C23H29NO2/c1-17-2-4-18(5-3-17)15-23(26)8-10-24(11-9-23)16-19-12-20-6-7-22(25)14-21(20)13-19/h2-7,14,19,25-26H,8-13,15-16H2,1H3. The van der Waals surface area contributed by atoms with Crippen LogP contribution in [0, 0.1) is 12.8 Å². The number of phenolic OH excluding ortho intramolecular Hbond substituents is 1. The summed E-state index contributed by atoms with van der Waals surface area (Å²) in [7, 11) is 0. The fourth-order valence-electron chi connectivity index (χ4n) is 4.60. The summed E-state index contributed by atoms with van der Waals surface area (Å²) in [6.07, 6.45) is 4.63. The Bertz CT molecular complexity index is 760. The molecule has 1 atom stereocenters. The van der Waals surface area contributed by atoms with Crippen LogP contribution in [0.2, 0.25) is 0 Å². The maximum Gasteiger partial charge on any atom is 0.115 e. The zero-order valence-corrected chi connectivity index (χ0v) is 15.6. The second-order valence-electron chi connectivity index (χ2n) is 8.41. The van der Waals surface area contributed by atoms with Crippen molar-refractivity contribution in [2.75, 3.05) is 19.6 Å². The lowest BCUT2D eigenvalue weighted by atomic mass is 9.85. The molecular formula is C23H29NO2. The average Bonchev–Trinajstić information content (AvgIpc) is 3.01. The number of likely N-dealkylation sites (tertiary alicyclic amines) is 1. The Kier molecular flexibility index (Phi) is 4.76. The molecule has 3 heteroatoms. The predicted molar refractivity (Wildman–Crippen MR) is 105 cm³/mol. The minimum absolute atomic E-state index is 0.378. The molecule has 2 aliphatic rings. The van der Waals surface area contributed by atoms with Crippen molar-refractivity contribution in [2.45, 2.75) is 44.6 Å². The normalized spacial score (nSPS) is 22.3. The van der Waals surface area contributed by atoms with Crippen LogP contribution in [0.25, 0.3) is 0 Å². The quantitative estimate of drug-likeness (QED) is 0.886. The molecule has 4 rings (SSSR count). The van der Waals surface area contributed by atoms with Crippen molar-refractivity contribution in [2.24, 2.45) is 5.92 Å². The highest BCUT2D eigenvalue weighted by atomic mass is 16.3. The van der Waals surface area contributed by atoms with Gasteiger partial charge in [-0.25, -0.2) is 0 Å². The molecule has 1 aliphatic carbocycles. The molecular weight excluding hydrogens is 322 g/mol. The molecule has 1 saturated heterocycles. The maximum absolute atomic E-state index is 11.0. The Morgan fingerprint density at radius 3 is 2.42 bits per heavy atom. The SMILES string of the molecule is Cc1ccc(CC2(O)CCN(CC3Cc4ccc(O)cc4C3)CC2)cc1. The van der Waals surface area contributed by atoms with Crippen LogP contribution in [0.3, 0.4) is 0 Å². The van der Waals surface area contributed by atoms with Crippen LogP contribution >= 0.6 is 0 Å². The van der Waals surface area contributed by atoms with Gasteiger partial charge in [0.05, 0.1) is 5.60 Å². The van der Waals surface area contributed by atoms with Gasteiger partial charge in [-0.3, -0.25) is 0 Å². The summed E-state index contributed by atoms with van der Waals surface area (Å²) in [5.74, 6) is 1.01. The Labute approximate surface area is 156 Å². The molecule has 0 radical (unpaired) electrons. The van der Waals surface area contributed by atoms with E-state index in [2.05, 4.69) is 42.2 Å². The molecule has 1 aliphatic heterocycles. The zero-order valence-electron chi connectivity index (χ0n) is 15.6. The number of fused-ring (bicyclic) bond motifs is 1. The van der Waals surface area contributed by atoms with Gasteiger partial charge in [-0.2, -0.15) is 0 Å². The van der Waals surface area contributed by atoms with Gasteiger partial charge in [0.1, 0.15) is 5.75 Å². The van der Waals surface area contributed by atoms with Crippen LogP contribution in [-0.4, -0.2) is 40.3 Å². The van der Waals surface area contributed by atoms with E-state index in [-0.39, 0.29) is 0 Å². The number of hydrogen-bond donors (Lipinski definition) is 2. The molecule has 0 bridgehead atoms. The van der Waals surface area contributed by atoms with Gasteiger partial charge in [0.15, 0.2) is 0 Å². The Morgan fingerprint density at radius 2 is 1.69 bits per heavy atom. The van der Waals surface area contributed by atoms with E-state index in [4.69, 9.17) is 0 Å². The topological polar surface area (TPSA) is 43.7 Å². The summed E-state index contributed by atoms with van der Waals surface area (Å²) in [6, 6.07) is 14.3. The predicted octanol–water partition coefficient (Wildman–Crippen LogP) is 3.49. The van der Waals surface area contributed by atoms with Gasteiger partial charge in [-0.15, -0.1) is 0 Å². The molecule has 1 heterocycles. The first-order valence-electron chi connectivity index (χ1n) is 9.80. The van der Waals surface area contributed by atoms with E-state index >= 15 is 0 Å². The summed E-state index contributed by atoms with van der Waals surface area (Å²) in [4.78, 5) is 2.51. The van der Waals surface area contributed by atoms with Crippen molar-refractivity contribution < 1.29 is 10.2 Å². The minimum Gasteiger partial charge on any atom is -0.508 e. The van der Waals surface area contributed by atoms with Crippen LogP contribution < -0.4 is 0 Å². The first-order chi connectivity index (χ1) is 12.5. The van der Waals surface area contributed by atoms with Crippen molar-refractivity contribution in [1.82, 2.24) is 4.90 Å². The van der Waals surface area contributed by atoms with E-state index in [9.17, 15) is 10.2 Å². The van der Waals surface area contributed by atoms with Gasteiger partial charge in [-0.05, 0) is 67.3 Å². The fourth-order valence-corrected chi connectivity index (χ4v) is 4.60. The zero-order chi connectivity index (χ0) is 18.1. The average molecular weight is 351 g/mol. The van der Waals surface area contributed by atoms with Crippen molar-refractivity contribution in [1.29, 1.82) is 0 Å². The Hall–Kier alpha value is -1.84. The third-order valence-electron chi connectivity index (χ3n) is 6.16. The lowest BCUT2D eigenvalue weighted by molar-refractivity contribution is -0.0233. The number of benzene rings is 2. The smallest absolute Gasteiger partial charge is 0.115 e. The van der Waals surface area contributed by atoms with Crippen molar-refractivity contribution in [3.8, 4) is 5.75 Å². The molecule has 0 amide bonds. The first kappa shape index (κ1) is 17.6.